The van der Waals surface area contributed by atoms with Crippen LogP contribution in [0.4, 0.5) is 17.1 Å². The van der Waals surface area contributed by atoms with Crippen molar-refractivity contribution in [3.8, 4) is 33.4 Å². The van der Waals surface area contributed by atoms with Crippen molar-refractivity contribution in [3.05, 3.63) is 187 Å². The molecule has 0 aliphatic heterocycles. The van der Waals surface area contributed by atoms with Crippen LogP contribution in [0.2, 0.25) is 0 Å². The van der Waals surface area contributed by atoms with Crippen LogP contribution in [-0.2, 0) is 5.41 Å². The maximum absolute atomic E-state index is 6.80. The quantitative estimate of drug-likeness (QED) is 0.180. The van der Waals surface area contributed by atoms with Gasteiger partial charge in [0.15, 0.2) is 0 Å². The van der Waals surface area contributed by atoms with E-state index in [4.69, 9.17) is 8.83 Å². The van der Waals surface area contributed by atoms with E-state index in [1.54, 1.807) is 0 Å². The molecule has 0 fully saturated rings. The first-order chi connectivity index (χ1) is 26.5. The van der Waals surface area contributed by atoms with E-state index in [-0.39, 0.29) is 5.41 Å². The molecule has 2 aromatic heterocycles. The van der Waals surface area contributed by atoms with E-state index in [0.717, 1.165) is 72.1 Å². The lowest BCUT2D eigenvalue weighted by Crippen LogP contribution is -2.16. The number of hydrogen-bond acceptors (Lipinski definition) is 3. The molecular formula is C51H35NO2. The Morgan fingerprint density at radius 3 is 1.81 bits per heavy atom. The molecule has 8 aromatic carbocycles. The first-order valence-electron chi connectivity index (χ1n) is 18.6. The first-order valence-corrected chi connectivity index (χ1v) is 18.6. The summed E-state index contributed by atoms with van der Waals surface area (Å²) in [7, 11) is 0. The standard InChI is InChI=1S/C51H35NO2/c1-51(2)41-29-26-34(32-14-5-3-6-15-32)30-40(41)37-28-27-35(31-42(37)51)52(43-21-12-24-46-48(43)38-18-9-10-23-45(38)53-46)44-22-13-25-47-49(44)39-20-11-19-36(50(39)54-47)33-16-7-4-8-17-33/h3-31H,1-2H3. The van der Waals surface area contributed by atoms with E-state index in [1.807, 2.05) is 6.07 Å². The Kier molecular flexibility index (Phi) is 6.60. The summed E-state index contributed by atoms with van der Waals surface area (Å²) < 4.78 is 13.3. The zero-order chi connectivity index (χ0) is 36.0. The fourth-order valence-electron chi connectivity index (χ4n) is 8.90. The lowest BCUT2D eigenvalue weighted by atomic mass is 9.82. The van der Waals surface area contributed by atoms with Gasteiger partial charge in [0, 0.05) is 27.4 Å². The second-order valence-electron chi connectivity index (χ2n) is 14.9. The predicted octanol–water partition coefficient (Wildman–Crippen LogP) is 14.6. The van der Waals surface area contributed by atoms with E-state index in [2.05, 4.69) is 189 Å². The van der Waals surface area contributed by atoms with Gasteiger partial charge < -0.3 is 13.7 Å². The van der Waals surface area contributed by atoms with Gasteiger partial charge in [-0.2, -0.15) is 0 Å². The topological polar surface area (TPSA) is 29.5 Å². The van der Waals surface area contributed by atoms with Crippen molar-refractivity contribution in [2.45, 2.75) is 19.3 Å². The van der Waals surface area contributed by atoms with Crippen LogP contribution in [0.15, 0.2) is 185 Å². The number of hydrogen-bond donors (Lipinski definition) is 0. The van der Waals surface area contributed by atoms with Gasteiger partial charge in [-0.05, 0) is 87.5 Å². The van der Waals surface area contributed by atoms with Crippen LogP contribution in [0.1, 0.15) is 25.0 Å². The molecule has 11 rings (SSSR count). The Balaban J connectivity index is 1.18. The Bertz CT molecular complexity index is 3080. The predicted molar refractivity (Wildman–Crippen MR) is 224 cm³/mol. The van der Waals surface area contributed by atoms with E-state index < -0.39 is 0 Å². The molecule has 0 spiro atoms. The van der Waals surface area contributed by atoms with Gasteiger partial charge in [-0.3, -0.25) is 0 Å². The van der Waals surface area contributed by atoms with Crippen LogP contribution in [0, 0.1) is 0 Å². The maximum Gasteiger partial charge on any atom is 0.143 e. The van der Waals surface area contributed by atoms with Crippen LogP contribution in [0.3, 0.4) is 0 Å². The van der Waals surface area contributed by atoms with Gasteiger partial charge in [0.1, 0.15) is 22.3 Å². The monoisotopic (exact) mass is 693 g/mol. The zero-order valence-electron chi connectivity index (χ0n) is 30.0. The molecular weight excluding hydrogens is 659 g/mol. The van der Waals surface area contributed by atoms with Gasteiger partial charge >= 0.3 is 0 Å². The summed E-state index contributed by atoms with van der Waals surface area (Å²) in [5, 5.41) is 4.33. The minimum Gasteiger partial charge on any atom is -0.456 e. The van der Waals surface area contributed by atoms with Crippen LogP contribution in [0.25, 0.3) is 77.3 Å². The summed E-state index contributed by atoms with van der Waals surface area (Å²) in [6.07, 6.45) is 0. The average molecular weight is 694 g/mol. The van der Waals surface area contributed by atoms with Crippen molar-refractivity contribution < 1.29 is 8.83 Å². The fourth-order valence-corrected chi connectivity index (χ4v) is 8.90. The Morgan fingerprint density at radius 2 is 1.04 bits per heavy atom. The third-order valence-electron chi connectivity index (χ3n) is 11.5. The maximum atomic E-state index is 6.80. The molecule has 2 heterocycles. The Labute approximate surface area is 313 Å². The molecule has 0 atom stereocenters. The number of para-hydroxylation sites is 2. The van der Waals surface area contributed by atoms with Gasteiger partial charge in [0.25, 0.3) is 0 Å². The van der Waals surface area contributed by atoms with Crippen molar-refractivity contribution in [3.63, 3.8) is 0 Å². The molecule has 0 radical (unpaired) electrons. The van der Waals surface area contributed by atoms with Gasteiger partial charge in [-0.25, -0.2) is 0 Å². The van der Waals surface area contributed by atoms with Gasteiger partial charge in [-0.1, -0.05) is 141 Å². The highest BCUT2D eigenvalue weighted by atomic mass is 16.3. The van der Waals surface area contributed by atoms with Crippen molar-refractivity contribution >= 4 is 60.9 Å². The molecule has 54 heavy (non-hydrogen) atoms. The number of anilines is 3. The number of rotatable bonds is 5. The largest absolute Gasteiger partial charge is 0.456 e. The van der Waals surface area contributed by atoms with E-state index in [1.165, 1.54) is 33.4 Å². The van der Waals surface area contributed by atoms with Gasteiger partial charge in [-0.15, -0.1) is 0 Å². The zero-order valence-corrected chi connectivity index (χ0v) is 30.0. The van der Waals surface area contributed by atoms with Crippen LogP contribution >= 0.6 is 0 Å². The summed E-state index contributed by atoms with van der Waals surface area (Å²) in [5.74, 6) is 0. The SMILES string of the molecule is CC1(C)c2ccc(-c3ccccc3)cc2-c2ccc(N(c3cccc4oc5ccccc5c34)c3cccc4oc5c(-c6ccccc6)cccc5c34)cc21. The van der Waals surface area contributed by atoms with E-state index >= 15 is 0 Å². The Hall–Kier alpha value is -6.84. The molecule has 10 aromatic rings. The molecule has 3 heteroatoms. The van der Waals surface area contributed by atoms with Crippen molar-refractivity contribution in [2.75, 3.05) is 4.90 Å². The first kappa shape index (κ1) is 30.8. The minimum atomic E-state index is -0.200. The second-order valence-corrected chi connectivity index (χ2v) is 14.9. The highest BCUT2D eigenvalue weighted by Gasteiger charge is 2.36. The summed E-state index contributed by atoms with van der Waals surface area (Å²) in [5.41, 5.74) is 16.4. The molecule has 0 N–H and O–H groups in total. The number of fused-ring (bicyclic) bond motifs is 9. The van der Waals surface area contributed by atoms with Crippen molar-refractivity contribution in [2.24, 2.45) is 0 Å². The molecule has 0 saturated heterocycles. The fraction of sp³-hybridized carbons (Fsp3) is 0.0588. The Morgan fingerprint density at radius 1 is 0.407 bits per heavy atom. The summed E-state index contributed by atoms with van der Waals surface area (Å²) >= 11 is 0. The number of nitrogens with zero attached hydrogens (tertiary/aromatic N) is 1. The summed E-state index contributed by atoms with van der Waals surface area (Å²) in [4.78, 5) is 2.42. The highest BCUT2D eigenvalue weighted by Crippen LogP contribution is 2.53. The van der Waals surface area contributed by atoms with E-state index in [0.29, 0.717) is 0 Å². The number of benzene rings is 8. The third-order valence-corrected chi connectivity index (χ3v) is 11.5. The van der Waals surface area contributed by atoms with Crippen LogP contribution < -0.4 is 4.90 Å². The van der Waals surface area contributed by atoms with E-state index in [9.17, 15) is 0 Å². The van der Waals surface area contributed by atoms with Crippen LogP contribution in [-0.4, -0.2) is 0 Å². The average Bonchev–Trinajstić information content (AvgIpc) is 3.87. The normalized spacial score (nSPS) is 13.1. The molecule has 0 bridgehead atoms. The number of furan rings is 2. The minimum absolute atomic E-state index is 0.200. The van der Waals surface area contributed by atoms with Gasteiger partial charge in [0.05, 0.1) is 22.1 Å². The molecule has 3 nitrogen and oxygen atoms in total. The third kappa shape index (κ3) is 4.48. The lowest BCUT2D eigenvalue weighted by Gasteiger charge is -2.29. The van der Waals surface area contributed by atoms with Crippen molar-refractivity contribution in [1.29, 1.82) is 0 Å². The summed E-state index contributed by atoms with van der Waals surface area (Å²) in [6.45, 7) is 4.71. The highest BCUT2D eigenvalue weighted by molar-refractivity contribution is 6.19. The molecule has 0 saturated carbocycles. The molecule has 1 aliphatic rings. The molecule has 0 unspecified atom stereocenters. The van der Waals surface area contributed by atoms with Crippen molar-refractivity contribution in [1.82, 2.24) is 0 Å². The lowest BCUT2D eigenvalue weighted by molar-refractivity contribution is 0.660. The second kappa shape index (κ2) is 11.6. The molecule has 1 aliphatic carbocycles. The summed E-state index contributed by atoms with van der Waals surface area (Å²) in [6, 6.07) is 62.8. The smallest absolute Gasteiger partial charge is 0.143 e. The van der Waals surface area contributed by atoms with Crippen LogP contribution in [0.5, 0.6) is 0 Å². The molecule has 0 amide bonds. The molecule has 256 valence electrons. The van der Waals surface area contributed by atoms with Gasteiger partial charge in [0.2, 0.25) is 0 Å².